The van der Waals surface area contributed by atoms with Gasteiger partial charge in [0.1, 0.15) is 0 Å². The number of hydrogen-bond acceptors (Lipinski definition) is 2. The molecule has 12 heavy (non-hydrogen) atoms. The highest BCUT2D eigenvalue weighted by molar-refractivity contribution is 5.00. The summed E-state index contributed by atoms with van der Waals surface area (Å²) in [7, 11) is 0. The van der Waals surface area contributed by atoms with E-state index in [4.69, 9.17) is 5.84 Å². The van der Waals surface area contributed by atoms with Gasteiger partial charge in [-0.05, 0) is 24.2 Å². The molecule has 1 rings (SSSR count). The van der Waals surface area contributed by atoms with Crippen LogP contribution in [0.3, 0.4) is 0 Å². The third-order valence-electron chi connectivity index (χ3n) is 3.49. The van der Waals surface area contributed by atoms with E-state index in [9.17, 15) is 0 Å². The first-order valence-electron chi connectivity index (χ1n) is 5.14. The van der Waals surface area contributed by atoms with Crippen LogP contribution in [-0.2, 0) is 0 Å². The van der Waals surface area contributed by atoms with Gasteiger partial charge in [-0.1, -0.05) is 33.6 Å². The summed E-state index contributed by atoms with van der Waals surface area (Å²) in [6, 6.07) is 0.535. The maximum atomic E-state index is 5.60. The van der Waals surface area contributed by atoms with Gasteiger partial charge in [-0.25, -0.2) is 0 Å². The van der Waals surface area contributed by atoms with Crippen LogP contribution >= 0.6 is 0 Å². The average molecular weight is 170 g/mol. The summed E-state index contributed by atoms with van der Waals surface area (Å²) in [5.74, 6) is 6.35. The predicted molar refractivity (Wildman–Crippen MR) is 52.5 cm³/mol. The minimum Gasteiger partial charge on any atom is -0.271 e. The first-order valence-corrected chi connectivity index (χ1v) is 5.14. The smallest absolute Gasteiger partial charge is 0.0292 e. The molecule has 1 unspecified atom stereocenters. The molecule has 0 aliphatic heterocycles. The Morgan fingerprint density at radius 2 is 1.83 bits per heavy atom. The molecule has 72 valence electrons. The lowest BCUT2D eigenvalue weighted by molar-refractivity contribution is 0.242. The summed E-state index contributed by atoms with van der Waals surface area (Å²) in [4.78, 5) is 0. The molecule has 3 N–H and O–H groups in total. The Morgan fingerprint density at radius 1 is 1.33 bits per heavy atom. The second-order valence-corrected chi connectivity index (χ2v) is 4.37. The van der Waals surface area contributed by atoms with Crippen molar-refractivity contribution in [2.75, 3.05) is 0 Å². The van der Waals surface area contributed by atoms with Crippen LogP contribution in [0.25, 0.3) is 0 Å². The minimum atomic E-state index is 0.505. The maximum absolute atomic E-state index is 5.60. The van der Waals surface area contributed by atoms with E-state index in [1.54, 1.807) is 0 Å². The number of nitrogens with two attached hydrogens (primary N) is 1. The average Bonchev–Trinajstić information content (AvgIpc) is 2.80. The monoisotopic (exact) mass is 170 g/mol. The first kappa shape index (κ1) is 10.0. The van der Waals surface area contributed by atoms with Crippen LogP contribution in [0.1, 0.15) is 46.5 Å². The van der Waals surface area contributed by atoms with Crippen molar-refractivity contribution in [2.45, 2.75) is 52.5 Å². The third kappa shape index (κ3) is 1.80. The van der Waals surface area contributed by atoms with Crippen LogP contribution in [-0.4, -0.2) is 6.04 Å². The van der Waals surface area contributed by atoms with Crippen LogP contribution in [0.15, 0.2) is 0 Å². The lowest BCUT2D eigenvalue weighted by Crippen LogP contribution is -2.46. The zero-order valence-electron chi connectivity index (χ0n) is 8.56. The lowest BCUT2D eigenvalue weighted by Gasteiger charge is -2.30. The second-order valence-electron chi connectivity index (χ2n) is 4.37. The molecule has 0 heterocycles. The standard InChI is InChI=1S/C10H22N2/c1-4-8(5-2)9(12-11)10(3)6-7-10/h8-9,12H,4-7,11H2,1-3H3. The number of nitrogens with one attached hydrogen (secondary N) is 1. The van der Waals surface area contributed by atoms with E-state index >= 15 is 0 Å². The van der Waals surface area contributed by atoms with Crippen molar-refractivity contribution >= 4 is 0 Å². The maximum Gasteiger partial charge on any atom is 0.0292 e. The molecule has 0 aromatic heterocycles. The van der Waals surface area contributed by atoms with E-state index in [1.807, 2.05) is 0 Å². The summed E-state index contributed by atoms with van der Waals surface area (Å²) in [6.45, 7) is 6.85. The largest absolute Gasteiger partial charge is 0.271 e. The molecule has 1 aliphatic carbocycles. The molecule has 0 radical (unpaired) electrons. The Morgan fingerprint density at radius 3 is 2.08 bits per heavy atom. The molecule has 1 atom stereocenters. The minimum absolute atomic E-state index is 0.505. The molecule has 1 aliphatic rings. The number of hydrogen-bond donors (Lipinski definition) is 2. The highest BCUT2D eigenvalue weighted by atomic mass is 15.2. The Labute approximate surface area is 75.9 Å². The fourth-order valence-electron chi connectivity index (χ4n) is 2.17. The fourth-order valence-corrected chi connectivity index (χ4v) is 2.17. The number of rotatable bonds is 5. The van der Waals surface area contributed by atoms with Gasteiger partial charge < -0.3 is 0 Å². The summed E-state index contributed by atoms with van der Waals surface area (Å²) in [5.41, 5.74) is 3.51. The van der Waals surface area contributed by atoms with Gasteiger partial charge in [-0.15, -0.1) is 0 Å². The van der Waals surface area contributed by atoms with E-state index in [0.29, 0.717) is 11.5 Å². The van der Waals surface area contributed by atoms with Crippen LogP contribution < -0.4 is 11.3 Å². The molecule has 2 heteroatoms. The van der Waals surface area contributed by atoms with Gasteiger partial charge in [0.2, 0.25) is 0 Å². The molecule has 0 spiro atoms. The first-order chi connectivity index (χ1) is 5.68. The van der Waals surface area contributed by atoms with Gasteiger partial charge in [0.05, 0.1) is 0 Å². The molecule has 2 nitrogen and oxygen atoms in total. The van der Waals surface area contributed by atoms with Gasteiger partial charge in [0, 0.05) is 6.04 Å². The Hall–Kier alpha value is -0.0800. The highest BCUT2D eigenvalue weighted by Gasteiger charge is 2.46. The van der Waals surface area contributed by atoms with E-state index in [0.717, 1.165) is 5.92 Å². The van der Waals surface area contributed by atoms with Gasteiger partial charge in [-0.3, -0.25) is 11.3 Å². The normalized spacial score (nSPS) is 22.8. The van der Waals surface area contributed by atoms with Crippen molar-refractivity contribution in [3.8, 4) is 0 Å². The predicted octanol–water partition coefficient (Wildman–Crippen LogP) is 2.05. The lowest BCUT2D eigenvalue weighted by atomic mass is 9.84. The quantitative estimate of drug-likeness (QED) is 0.489. The summed E-state index contributed by atoms with van der Waals surface area (Å²) in [5, 5.41) is 0. The van der Waals surface area contributed by atoms with Crippen molar-refractivity contribution in [3.05, 3.63) is 0 Å². The van der Waals surface area contributed by atoms with E-state index < -0.39 is 0 Å². The zero-order valence-corrected chi connectivity index (χ0v) is 8.56. The topological polar surface area (TPSA) is 38.0 Å². The molecule has 0 aromatic rings. The molecular formula is C10H22N2. The van der Waals surface area contributed by atoms with Crippen LogP contribution in [0.2, 0.25) is 0 Å². The summed E-state index contributed by atoms with van der Waals surface area (Å²) < 4.78 is 0. The van der Waals surface area contributed by atoms with E-state index in [2.05, 4.69) is 26.2 Å². The number of hydrazine groups is 1. The van der Waals surface area contributed by atoms with E-state index in [-0.39, 0.29) is 0 Å². The van der Waals surface area contributed by atoms with Gasteiger partial charge in [0.15, 0.2) is 0 Å². The van der Waals surface area contributed by atoms with Crippen LogP contribution in [0, 0.1) is 11.3 Å². The third-order valence-corrected chi connectivity index (χ3v) is 3.49. The molecule has 1 fully saturated rings. The summed E-state index contributed by atoms with van der Waals surface area (Å²) >= 11 is 0. The van der Waals surface area contributed by atoms with Crippen molar-refractivity contribution in [2.24, 2.45) is 17.2 Å². The molecule has 0 amide bonds. The SMILES string of the molecule is CCC(CC)C(NN)C1(C)CC1. The molecule has 0 saturated heterocycles. The van der Waals surface area contributed by atoms with Crippen molar-refractivity contribution in [3.63, 3.8) is 0 Å². The van der Waals surface area contributed by atoms with Gasteiger partial charge in [-0.2, -0.15) is 0 Å². The highest BCUT2D eigenvalue weighted by Crippen LogP contribution is 2.50. The van der Waals surface area contributed by atoms with Crippen LogP contribution in [0.4, 0.5) is 0 Å². The molecular weight excluding hydrogens is 148 g/mol. The van der Waals surface area contributed by atoms with Gasteiger partial charge in [0.25, 0.3) is 0 Å². The Bertz CT molecular complexity index is 137. The molecule has 1 saturated carbocycles. The van der Waals surface area contributed by atoms with Crippen molar-refractivity contribution in [1.82, 2.24) is 5.43 Å². The second kappa shape index (κ2) is 3.75. The molecule has 0 aromatic carbocycles. The Kier molecular flexibility index (Phi) is 3.13. The van der Waals surface area contributed by atoms with Gasteiger partial charge >= 0.3 is 0 Å². The fraction of sp³-hybridized carbons (Fsp3) is 1.00. The zero-order chi connectivity index (χ0) is 9.19. The van der Waals surface area contributed by atoms with E-state index in [1.165, 1.54) is 25.7 Å². The molecule has 0 bridgehead atoms. The summed E-state index contributed by atoms with van der Waals surface area (Å²) in [6.07, 6.45) is 5.17. The van der Waals surface area contributed by atoms with Crippen LogP contribution in [0.5, 0.6) is 0 Å². The van der Waals surface area contributed by atoms with Crippen molar-refractivity contribution in [1.29, 1.82) is 0 Å². The van der Waals surface area contributed by atoms with Crippen molar-refractivity contribution < 1.29 is 0 Å². The Balaban J connectivity index is 2.53.